The van der Waals surface area contributed by atoms with E-state index in [4.69, 9.17) is 25.5 Å². The molecule has 6 nitrogen and oxygen atoms in total. The first kappa shape index (κ1) is 20.5. The monoisotopic (exact) mass is 435 g/mol. The van der Waals surface area contributed by atoms with E-state index in [1.807, 2.05) is 0 Å². The van der Waals surface area contributed by atoms with Gasteiger partial charge in [-0.25, -0.2) is 0 Å². The number of fused-ring (bicyclic) bond motifs is 1. The van der Waals surface area contributed by atoms with E-state index in [0.29, 0.717) is 38.6 Å². The topological polar surface area (TPSA) is 77.8 Å². The zero-order valence-electron chi connectivity index (χ0n) is 16.8. The third-order valence-electron chi connectivity index (χ3n) is 4.80. The minimum absolute atomic E-state index is 0.00919. The van der Waals surface area contributed by atoms with Crippen LogP contribution in [-0.2, 0) is 0 Å². The van der Waals surface area contributed by atoms with E-state index in [2.05, 4.69) is 5.32 Å². The molecule has 1 aromatic heterocycles. The van der Waals surface area contributed by atoms with Gasteiger partial charge in [0.15, 0.2) is 17.1 Å². The number of hydrogen-bond donors (Lipinski definition) is 1. The van der Waals surface area contributed by atoms with Gasteiger partial charge < -0.3 is 19.2 Å². The molecule has 0 atom stereocenters. The van der Waals surface area contributed by atoms with Gasteiger partial charge in [-0.05, 0) is 48.5 Å². The highest BCUT2D eigenvalue weighted by Gasteiger charge is 2.26. The molecule has 3 aromatic carbocycles. The molecule has 0 spiro atoms. The predicted molar refractivity (Wildman–Crippen MR) is 119 cm³/mol. The number of anilines is 1. The molecule has 156 valence electrons. The van der Waals surface area contributed by atoms with Gasteiger partial charge in [-0.15, -0.1) is 0 Å². The van der Waals surface area contributed by atoms with Crippen LogP contribution < -0.4 is 14.8 Å². The third kappa shape index (κ3) is 3.85. The number of carbonyl (C=O) groups excluding carboxylic acids is 2. The number of methoxy groups -OCH3 is 2. The van der Waals surface area contributed by atoms with Crippen LogP contribution in [0.25, 0.3) is 11.0 Å². The molecule has 4 aromatic rings. The van der Waals surface area contributed by atoms with Crippen LogP contribution in [0.1, 0.15) is 26.5 Å². The summed E-state index contributed by atoms with van der Waals surface area (Å²) in [4.78, 5) is 26.3. The maximum Gasteiger partial charge on any atom is 0.259 e. The number of ether oxygens (including phenoxy) is 2. The Morgan fingerprint density at radius 2 is 1.55 bits per heavy atom. The summed E-state index contributed by atoms with van der Waals surface area (Å²) in [7, 11) is 2.99. The summed E-state index contributed by atoms with van der Waals surface area (Å²) >= 11 is 5.94. The second-order valence-electron chi connectivity index (χ2n) is 6.63. The molecular weight excluding hydrogens is 418 g/mol. The van der Waals surface area contributed by atoms with Gasteiger partial charge in [-0.2, -0.15) is 0 Å². The fraction of sp³-hybridized carbons (Fsp3) is 0.0833. The minimum atomic E-state index is -0.437. The lowest BCUT2D eigenvalue weighted by Crippen LogP contribution is -2.15. The van der Waals surface area contributed by atoms with E-state index in [1.54, 1.807) is 66.7 Å². The molecule has 1 amide bonds. The van der Waals surface area contributed by atoms with Gasteiger partial charge in [0, 0.05) is 16.0 Å². The van der Waals surface area contributed by atoms with Gasteiger partial charge in [-0.1, -0.05) is 29.8 Å². The van der Waals surface area contributed by atoms with Crippen molar-refractivity contribution in [1.82, 2.24) is 0 Å². The van der Waals surface area contributed by atoms with Crippen LogP contribution in [-0.4, -0.2) is 25.9 Å². The normalized spacial score (nSPS) is 10.7. The number of nitrogens with one attached hydrogen (secondary N) is 1. The molecule has 0 saturated heterocycles. The Balaban J connectivity index is 1.84. The first-order chi connectivity index (χ1) is 15.0. The number of halogens is 1. The number of benzene rings is 3. The molecule has 0 aliphatic rings. The van der Waals surface area contributed by atoms with E-state index in [1.165, 1.54) is 14.2 Å². The lowest BCUT2D eigenvalue weighted by molar-refractivity contribution is 0.101. The van der Waals surface area contributed by atoms with Gasteiger partial charge in [0.1, 0.15) is 5.75 Å². The molecule has 0 aliphatic carbocycles. The first-order valence-electron chi connectivity index (χ1n) is 9.37. The van der Waals surface area contributed by atoms with Gasteiger partial charge >= 0.3 is 0 Å². The van der Waals surface area contributed by atoms with Crippen molar-refractivity contribution in [2.75, 3.05) is 19.5 Å². The Kier molecular flexibility index (Phi) is 5.64. The predicted octanol–water partition coefficient (Wildman–Crippen LogP) is 5.59. The zero-order chi connectivity index (χ0) is 22.0. The van der Waals surface area contributed by atoms with Crippen molar-refractivity contribution in [3.05, 3.63) is 88.6 Å². The highest BCUT2D eigenvalue weighted by atomic mass is 35.5. The lowest BCUT2D eigenvalue weighted by Gasteiger charge is -2.09. The van der Waals surface area contributed by atoms with Crippen molar-refractivity contribution in [2.45, 2.75) is 0 Å². The number of carbonyl (C=O) groups is 2. The van der Waals surface area contributed by atoms with E-state index in [9.17, 15) is 9.59 Å². The van der Waals surface area contributed by atoms with Crippen molar-refractivity contribution >= 4 is 39.9 Å². The van der Waals surface area contributed by atoms with Crippen molar-refractivity contribution in [1.29, 1.82) is 0 Å². The molecule has 0 saturated carbocycles. The lowest BCUT2D eigenvalue weighted by atomic mass is 10.1. The fourth-order valence-corrected chi connectivity index (χ4v) is 3.41. The number of rotatable bonds is 6. The Labute approximate surface area is 183 Å². The minimum Gasteiger partial charge on any atom is -0.496 e. The molecular formula is C24H18ClNO5. The Morgan fingerprint density at radius 1 is 0.871 bits per heavy atom. The van der Waals surface area contributed by atoms with Crippen molar-refractivity contribution in [3.8, 4) is 11.5 Å². The van der Waals surface area contributed by atoms with Crippen LogP contribution in [0.2, 0.25) is 5.02 Å². The van der Waals surface area contributed by atoms with E-state index in [0.717, 1.165) is 0 Å². The van der Waals surface area contributed by atoms with Crippen molar-refractivity contribution in [2.24, 2.45) is 0 Å². The Morgan fingerprint density at radius 3 is 2.26 bits per heavy atom. The number of para-hydroxylation sites is 2. The summed E-state index contributed by atoms with van der Waals surface area (Å²) in [5, 5.41) is 3.87. The van der Waals surface area contributed by atoms with Gasteiger partial charge in [0.05, 0.1) is 25.5 Å². The van der Waals surface area contributed by atoms with E-state index < -0.39 is 11.7 Å². The standard InChI is InChI=1S/C24H18ClNO5/c1-29-18-8-4-3-6-16(18)24(28)26-20-17-7-5-9-19(30-2)22(17)31-23(20)21(27)14-10-12-15(25)13-11-14/h3-13H,1-2H3,(H,26,28). The number of furan rings is 1. The maximum absolute atomic E-state index is 13.2. The highest BCUT2D eigenvalue weighted by molar-refractivity contribution is 6.30. The van der Waals surface area contributed by atoms with E-state index >= 15 is 0 Å². The van der Waals surface area contributed by atoms with Crippen LogP contribution in [0, 0.1) is 0 Å². The SMILES string of the molecule is COc1ccccc1C(=O)Nc1c(C(=O)c2ccc(Cl)cc2)oc2c(OC)cccc12. The second-order valence-corrected chi connectivity index (χ2v) is 7.07. The molecule has 0 bridgehead atoms. The molecule has 4 rings (SSSR count). The fourth-order valence-electron chi connectivity index (χ4n) is 3.28. The summed E-state index contributed by atoms with van der Waals surface area (Å²) < 4.78 is 16.6. The Hall–Kier alpha value is -3.77. The maximum atomic E-state index is 13.2. The van der Waals surface area contributed by atoms with Crippen LogP contribution in [0.15, 0.2) is 71.1 Å². The van der Waals surface area contributed by atoms with Crippen LogP contribution in [0.5, 0.6) is 11.5 Å². The van der Waals surface area contributed by atoms with Gasteiger partial charge in [0.2, 0.25) is 5.78 Å². The van der Waals surface area contributed by atoms with Gasteiger partial charge in [0.25, 0.3) is 5.91 Å². The summed E-state index contributed by atoms with van der Waals surface area (Å²) in [5.41, 5.74) is 1.31. The Bertz CT molecular complexity index is 1280. The van der Waals surface area contributed by atoms with Crippen molar-refractivity contribution < 1.29 is 23.5 Å². The average Bonchev–Trinajstić information content (AvgIpc) is 3.17. The molecule has 0 radical (unpaired) electrons. The largest absolute Gasteiger partial charge is 0.496 e. The molecule has 1 N–H and O–H groups in total. The summed E-state index contributed by atoms with van der Waals surface area (Å²) in [6, 6.07) is 18.5. The number of amides is 1. The smallest absolute Gasteiger partial charge is 0.259 e. The van der Waals surface area contributed by atoms with E-state index in [-0.39, 0.29) is 11.4 Å². The summed E-state index contributed by atoms with van der Waals surface area (Å²) in [5.74, 6) is 0.0137. The second kappa shape index (κ2) is 8.53. The molecule has 0 fully saturated rings. The molecule has 1 heterocycles. The quantitative estimate of drug-likeness (QED) is 0.399. The molecule has 0 aliphatic heterocycles. The highest BCUT2D eigenvalue weighted by Crippen LogP contribution is 2.38. The van der Waals surface area contributed by atoms with Crippen molar-refractivity contribution in [3.63, 3.8) is 0 Å². The molecule has 7 heteroatoms. The van der Waals surface area contributed by atoms with Gasteiger partial charge in [-0.3, -0.25) is 9.59 Å². The summed E-state index contributed by atoms with van der Waals surface area (Å²) in [6.45, 7) is 0. The molecule has 0 unspecified atom stereocenters. The zero-order valence-corrected chi connectivity index (χ0v) is 17.5. The van der Waals surface area contributed by atoms with Crippen LogP contribution in [0.4, 0.5) is 5.69 Å². The first-order valence-corrected chi connectivity index (χ1v) is 9.75. The summed E-state index contributed by atoms with van der Waals surface area (Å²) in [6.07, 6.45) is 0. The van der Waals surface area contributed by atoms with Crippen LogP contribution in [0.3, 0.4) is 0 Å². The molecule has 31 heavy (non-hydrogen) atoms. The number of ketones is 1. The van der Waals surface area contributed by atoms with Crippen LogP contribution >= 0.6 is 11.6 Å². The average molecular weight is 436 g/mol. The third-order valence-corrected chi connectivity index (χ3v) is 5.05. The number of hydrogen-bond acceptors (Lipinski definition) is 5.